The zero-order valence-corrected chi connectivity index (χ0v) is 9.31. The smallest absolute Gasteiger partial charge is 0.254 e. The van der Waals surface area contributed by atoms with Crippen molar-refractivity contribution in [1.29, 1.82) is 0 Å². The average molecular weight is 273 g/mol. The zero-order valence-electron chi connectivity index (χ0n) is 9.31. The number of aromatic nitrogens is 2. The van der Waals surface area contributed by atoms with Crippen LogP contribution in [-0.2, 0) is 6.54 Å². The lowest BCUT2D eigenvalue weighted by Gasteiger charge is -2.06. The quantitative estimate of drug-likeness (QED) is 0.510. The number of carbonyl (C=O) groups excluding carboxylic acids is 1. The first-order valence-electron chi connectivity index (χ1n) is 5.09. The van der Waals surface area contributed by atoms with E-state index in [0.717, 1.165) is 0 Å². The van der Waals surface area contributed by atoms with Gasteiger partial charge in [-0.05, 0) is 6.07 Å². The van der Waals surface area contributed by atoms with Gasteiger partial charge in [0, 0.05) is 6.20 Å². The first-order chi connectivity index (χ1) is 9.00. The Bertz CT molecular complexity index is 613. The lowest BCUT2D eigenvalue weighted by Crippen LogP contribution is -2.25. The molecule has 0 aliphatic heterocycles. The number of halogens is 4. The summed E-state index contributed by atoms with van der Waals surface area (Å²) in [4.78, 5) is 17.9. The fourth-order valence-corrected chi connectivity index (χ4v) is 1.39. The van der Waals surface area contributed by atoms with Crippen molar-refractivity contribution in [3.8, 4) is 0 Å². The van der Waals surface area contributed by atoms with Crippen LogP contribution >= 0.6 is 0 Å². The van der Waals surface area contributed by atoms with E-state index in [-0.39, 0.29) is 6.54 Å². The topological polar surface area (TPSA) is 57.8 Å². The number of benzene rings is 1. The van der Waals surface area contributed by atoms with E-state index in [2.05, 4.69) is 15.3 Å². The molecule has 0 aliphatic rings. The number of nitrogens with zero attached hydrogens (tertiary/aromatic N) is 1. The van der Waals surface area contributed by atoms with Gasteiger partial charge in [0.25, 0.3) is 5.91 Å². The summed E-state index contributed by atoms with van der Waals surface area (Å²) in [7, 11) is 0. The number of nitrogens with one attached hydrogen (secondary N) is 2. The van der Waals surface area contributed by atoms with Crippen molar-refractivity contribution in [1.82, 2.24) is 15.3 Å². The highest BCUT2D eigenvalue weighted by Gasteiger charge is 2.22. The second-order valence-corrected chi connectivity index (χ2v) is 3.61. The van der Waals surface area contributed by atoms with Crippen molar-refractivity contribution >= 4 is 5.91 Å². The summed E-state index contributed by atoms with van der Waals surface area (Å²) in [5.41, 5.74) is -0.396. The lowest BCUT2D eigenvalue weighted by molar-refractivity contribution is 0.0944. The minimum Gasteiger partial charge on any atom is -0.347 e. The molecule has 1 aromatic carbocycles. The van der Waals surface area contributed by atoms with Crippen LogP contribution in [0.1, 0.15) is 16.1 Å². The number of imidazole rings is 1. The summed E-state index contributed by atoms with van der Waals surface area (Å²) in [6.45, 7) is -0.0428. The van der Waals surface area contributed by atoms with Gasteiger partial charge < -0.3 is 10.3 Å². The molecule has 0 bridgehead atoms. The molecule has 0 fully saturated rings. The van der Waals surface area contributed by atoms with E-state index in [1.54, 1.807) is 0 Å². The Hall–Kier alpha value is -2.38. The highest BCUT2D eigenvalue weighted by atomic mass is 19.2. The van der Waals surface area contributed by atoms with Crippen molar-refractivity contribution in [2.24, 2.45) is 0 Å². The summed E-state index contributed by atoms with van der Waals surface area (Å²) >= 11 is 0. The molecule has 0 unspecified atom stereocenters. The maximum absolute atomic E-state index is 13.3. The number of H-pyrrole nitrogens is 1. The van der Waals surface area contributed by atoms with Crippen LogP contribution < -0.4 is 5.32 Å². The number of rotatable bonds is 3. The van der Waals surface area contributed by atoms with E-state index in [1.165, 1.54) is 12.5 Å². The second kappa shape index (κ2) is 5.09. The van der Waals surface area contributed by atoms with Gasteiger partial charge >= 0.3 is 0 Å². The minimum atomic E-state index is -2.02. The van der Waals surface area contributed by atoms with Crippen LogP contribution in [0, 0.1) is 23.3 Å². The summed E-state index contributed by atoms with van der Waals surface area (Å²) in [5, 5.41) is 2.21. The average Bonchev–Trinajstić information content (AvgIpc) is 2.91. The van der Waals surface area contributed by atoms with E-state index in [1.807, 2.05) is 0 Å². The molecule has 0 saturated heterocycles. The Kier molecular flexibility index (Phi) is 3.50. The van der Waals surface area contributed by atoms with Crippen molar-refractivity contribution in [3.63, 3.8) is 0 Å². The Labute approximate surface area is 104 Å². The molecule has 0 spiro atoms. The maximum atomic E-state index is 13.3. The highest BCUT2D eigenvalue weighted by molar-refractivity contribution is 5.94. The molecule has 2 rings (SSSR count). The van der Waals surface area contributed by atoms with E-state index in [4.69, 9.17) is 0 Å². The Morgan fingerprint density at radius 3 is 2.58 bits per heavy atom. The molecule has 4 nitrogen and oxygen atoms in total. The highest BCUT2D eigenvalue weighted by Crippen LogP contribution is 2.18. The van der Waals surface area contributed by atoms with Gasteiger partial charge in [-0.2, -0.15) is 0 Å². The Morgan fingerprint density at radius 2 is 1.95 bits per heavy atom. The van der Waals surface area contributed by atoms with Crippen LogP contribution in [0.3, 0.4) is 0 Å². The predicted molar refractivity (Wildman–Crippen MR) is 56.0 cm³/mol. The third kappa shape index (κ3) is 2.56. The minimum absolute atomic E-state index is 0.0428. The lowest BCUT2D eigenvalue weighted by atomic mass is 10.1. The van der Waals surface area contributed by atoms with E-state index in [0.29, 0.717) is 11.8 Å². The Balaban J connectivity index is 2.20. The number of aromatic amines is 1. The number of carbonyl (C=O) groups is 1. The fourth-order valence-electron chi connectivity index (χ4n) is 1.39. The summed E-state index contributed by atoms with van der Waals surface area (Å²) < 4.78 is 51.9. The van der Waals surface area contributed by atoms with Gasteiger partial charge in [0.15, 0.2) is 23.3 Å². The van der Waals surface area contributed by atoms with Crippen molar-refractivity contribution in [3.05, 3.63) is 53.1 Å². The summed E-state index contributed by atoms with van der Waals surface area (Å²) in [6, 6.07) is 0.302. The molecule has 0 atom stereocenters. The van der Waals surface area contributed by atoms with Crippen LogP contribution in [0.15, 0.2) is 18.6 Å². The van der Waals surface area contributed by atoms with E-state index in [9.17, 15) is 22.4 Å². The zero-order chi connectivity index (χ0) is 14.0. The van der Waals surface area contributed by atoms with Crippen LogP contribution in [0.4, 0.5) is 17.6 Å². The number of hydrogen-bond donors (Lipinski definition) is 2. The van der Waals surface area contributed by atoms with Crippen LogP contribution in [0.2, 0.25) is 0 Å². The molecule has 0 aliphatic carbocycles. The van der Waals surface area contributed by atoms with Crippen LogP contribution in [-0.4, -0.2) is 15.9 Å². The van der Waals surface area contributed by atoms with Gasteiger partial charge in [-0.15, -0.1) is 0 Å². The van der Waals surface area contributed by atoms with Gasteiger partial charge in [-0.1, -0.05) is 0 Å². The molecule has 0 radical (unpaired) electrons. The molecule has 2 aromatic rings. The maximum Gasteiger partial charge on any atom is 0.254 e. The normalized spacial score (nSPS) is 10.5. The standard InChI is InChI=1S/C11H7F4N3O/c12-7-1-6(8(13)10(15)9(7)14)11(19)17-3-5-2-16-4-18-5/h1-2,4H,3H2,(H,16,18)(H,17,19). The van der Waals surface area contributed by atoms with Crippen molar-refractivity contribution in [2.45, 2.75) is 6.54 Å². The SMILES string of the molecule is O=C(NCc1cnc[nH]1)c1cc(F)c(F)c(F)c1F. The molecule has 2 N–H and O–H groups in total. The van der Waals surface area contributed by atoms with Crippen LogP contribution in [0.25, 0.3) is 0 Å². The molecule has 19 heavy (non-hydrogen) atoms. The Morgan fingerprint density at radius 1 is 1.21 bits per heavy atom. The van der Waals surface area contributed by atoms with Gasteiger partial charge in [0.2, 0.25) is 0 Å². The predicted octanol–water partition coefficient (Wildman–Crippen LogP) is 1.90. The number of hydrogen-bond acceptors (Lipinski definition) is 2. The van der Waals surface area contributed by atoms with E-state index < -0.39 is 34.7 Å². The third-order valence-electron chi connectivity index (χ3n) is 2.34. The summed E-state index contributed by atoms with van der Waals surface area (Å²) in [6.07, 6.45) is 2.77. The second-order valence-electron chi connectivity index (χ2n) is 3.61. The molecule has 1 amide bonds. The van der Waals surface area contributed by atoms with E-state index >= 15 is 0 Å². The van der Waals surface area contributed by atoms with Gasteiger partial charge in [0.1, 0.15) is 0 Å². The van der Waals surface area contributed by atoms with Crippen molar-refractivity contribution < 1.29 is 22.4 Å². The van der Waals surface area contributed by atoms with Gasteiger partial charge in [-0.25, -0.2) is 22.5 Å². The molecule has 8 heteroatoms. The van der Waals surface area contributed by atoms with Crippen molar-refractivity contribution in [2.75, 3.05) is 0 Å². The molecule has 0 saturated carbocycles. The van der Waals surface area contributed by atoms with Crippen LogP contribution in [0.5, 0.6) is 0 Å². The molecule has 1 heterocycles. The first-order valence-corrected chi connectivity index (χ1v) is 5.09. The first kappa shape index (κ1) is 13.1. The number of amides is 1. The van der Waals surface area contributed by atoms with Gasteiger partial charge in [-0.3, -0.25) is 4.79 Å². The van der Waals surface area contributed by atoms with Gasteiger partial charge in [0.05, 0.1) is 24.1 Å². The molecular formula is C11H7F4N3O. The largest absolute Gasteiger partial charge is 0.347 e. The third-order valence-corrected chi connectivity index (χ3v) is 2.34. The fraction of sp³-hybridized carbons (Fsp3) is 0.0909. The monoisotopic (exact) mass is 273 g/mol. The molecule has 1 aromatic heterocycles. The molecule has 100 valence electrons. The molecular weight excluding hydrogens is 266 g/mol. The summed E-state index contributed by atoms with van der Waals surface area (Å²) in [5.74, 6) is -8.41.